The number of hydrogen-bond acceptors (Lipinski definition) is 3. The van der Waals surface area contributed by atoms with Crippen LogP contribution in [-0.4, -0.2) is 4.98 Å². The molecular formula is C11H12N2O. The Morgan fingerprint density at radius 1 is 1.36 bits per heavy atom. The molecule has 1 aliphatic carbocycles. The quantitative estimate of drug-likeness (QED) is 0.700. The number of benzene rings is 1. The summed E-state index contributed by atoms with van der Waals surface area (Å²) < 4.78 is 5.66. The highest BCUT2D eigenvalue weighted by atomic mass is 16.3. The molecule has 1 aromatic heterocycles. The van der Waals surface area contributed by atoms with Crippen LogP contribution >= 0.6 is 0 Å². The van der Waals surface area contributed by atoms with Gasteiger partial charge in [0.15, 0.2) is 11.5 Å². The van der Waals surface area contributed by atoms with Crippen LogP contribution in [-0.2, 0) is 0 Å². The van der Waals surface area contributed by atoms with Crippen LogP contribution in [0.3, 0.4) is 0 Å². The normalized spacial score (nSPS) is 17.1. The summed E-state index contributed by atoms with van der Waals surface area (Å²) in [6.07, 6.45) is 3.72. The number of oxazole rings is 1. The van der Waals surface area contributed by atoms with Gasteiger partial charge in [-0.25, -0.2) is 4.98 Å². The molecule has 0 bridgehead atoms. The summed E-state index contributed by atoms with van der Waals surface area (Å²) in [5, 5.41) is 0. The van der Waals surface area contributed by atoms with Crippen molar-refractivity contribution >= 4 is 16.8 Å². The summed E-state index contributed by atoms with van der Waals surface area (Å²) in [6, 6.07) is 5.60. The molecule has 14 heavy (non-hydrogen) atoms. The molecule has 0 amide bonds. The Morgan fingerprint density at radius 3 is 2.93 bits per heavy atom. The van der Waals surface area contributed by atoms with Crippen LogP contribution in [0.4, 0.5) is 5.69 Å². The molecule has 1 heterocycles. The third-order valence-corrected chi connectivity index (χ3v) is 2.88. The van der Waals surface area contributed by atoms with Gasteiger partial charge >= 0.3 is 0 Å². The van der Waals surface area contributed by atoms with Gasteiger partial charge in [0.25, 0.3) is 0 Å². The first-order chi connectivity index (χ1) is 6.83. The van der Waals surface area contributed by atoms with Gasteiger partial charge in [-0.1, -0.05) is 6.42 Å². The fraction of sp³-hybridized carbons (Fsp3) is 0.364. The number of rotatable bonds is 1. The molecule has 1 aliphatic rings. The zero-order chi connectivity index (χ0) is 9.54. The first kappa shape index (κ1) is 7.85. The third kappa shape index (κ3) is 1.09. The van der Waals surface area contributed by atoms with E-state index in [-0.39, 0.29) is 0 Å². The lowest BCUT2D eigenvalue weighted by molar-refractivity contribution is 0.344. The number of aromatic nitrogens is 1. The molecule has 72 valence electrons. The Labute approximate surface area is 81.9 Å². The fourth-order valence-electron chi connectivity index (χ4n) is 1.79. The van der Waals surface area contributed by atoms with E-state index in [1.165, 1.54) is 19.3 Å². The van der Waals surface area contributed by atoms with E-state index in [2.05, 4.69) is 4.98 Å². The molecule has 1 aromatic carbocycles. The van der Waals surface area contributed by atoms with Crippen LogP contribution in [0.25, 0.3) is 11.1 Å². The van der Waals surface area contributed by atoms with Crippen molar-refractivity contribution in [3.05, 3.63) is 24.1 Å². The molecule has 0 radical (unpaired) electrons. The first-order valence-corrected chi connectivity index (χ1v) is 4.99. The van der Waals surface area contributed by atoms with E-state index in [9.17, 15) is 0 Å². The maximum atomic E-state index is 5.67. The van der Waals surface area contributed by atoms with E-state index in [1.807, 2.05) is 18.2 Å². The van der Waals surface area contributed by atoms with Crippen LogP contribution in [0, 0.1) is 0 Å². The van der Waals surface area contributed by atoms with Crippen molar-refractivity contribution in [3.63, 3.8) is 0 Å². The molecule has 2 N–H and O–H groups in total. The van der Waals surface area contributed by atoms with Gasteiger partial charge in [0.2, 0.25) is 0 Å². The summed E-state index contributed by atoms with van der Waals surface area (Å²) in [5.74, 6) is 1.43. The molecule has 3 nitrogen and oxygen atoms in total. The molecule has 0 aliphatic heterocycles. The van der Waals surface area contributed by atoms with E-state index in [4.69, 9.17) is 10.2 Å². The number of nitrogens with two attached hydrogens (primary N) is 1. The SMILES string of the molecule is Nc1ccc2oc(C3CCC3)nc2c1. The smallest absolute Gasteiger partial charge is 0.198 e. The van der Waals surface area contributed by atoms with Crippen LogP contribution in [0.1, 0.15) is 31.1 Å². The van der Waals surface area contributed by atoms with E-state index in [0.29, 0.717) is 5.92 Å². The van der Waals surface area contributed by atoms with E-state index < -0.39 is 0 Å². The molecule has 0 unspecified atom stereocenters. The molecule has 3 rings (SSSR count). The Balaban J connectivity index is 2.10. The van der Waals surface area contributed by atoms with Gasteiger partial charge in [-0.2, -0.15) is 0 Å². The number of fused-ring (bicyclic) bond motifs is 1. The van der Waals surface area contributed by atoms with Crippen molar-refractivity contribution in [1.29, 1.82) is 0 Å². The predicted octanol–water partition coefficient (Wildman–Crippen LogP) is 2.68. The minimum atomic E-state index is 0.545. The largest absolute Gasteiger partial charge is 0.440 e. The molecular weight excluding hydrogens is 176 g/mol. The van der Waals surface area contributed by atoms with Crippen molar-refractivity contribution in [1.82, 2.24) is 4.98 Å². The van der Waals surface area contributed by atoms with Crippen LogP contribution < -0.4 is 5.73 Å². The summed E-state index contributed by atoms with van der Waals surface area (Å²) >= 11 is 0. The van der Waals surface area contributed by atoms with Gasteiger partial charge in [0.1, 0.15) is 5.52 Å². The molecule has 1 fully saturated rings. The zero-order valence-electron chi connectivity index (χ0n) is 7.86. The third-order valence-electron chi connectivity index (χ3n) is 2.88. The molecule has 3 heteroatoms. The molecule has 0 saturated heterocycles. The Morgan fingerprint density at radius 2 is 2.21 bits per heavy atom. The minimum Gasteiger partial charge on any atom is -0.440 e. The average molecular weight is 188 g/mol. The van der Waals surface area contributed by atoms with Crippen LogP contribution in [0.5, 0.6) is 0 Å². The highest BCUT2D eigenvalue weighted by Gasteiger charge is 2.24. The minimum absolute atomic E-state index is 0.545. The van der Waals surface area contributed by atoms with Crippen molar-refractivity contribution in [2.45, 2.75) is 25.2 Å². The predicted molar refractivity (Wildman–Crippen MR) is 55.0 cm³/mol. The average Bonchev–Trinajstić information content (AvgIpc) is 2.43. The van der Waals surface area contributed by atoms with Gasteiger partial charge in [0.05, 0.1) is 0 Å². The van der Waals surface area contributed by atoms with Crippen molar-refractivity contribution in [2.75, 3.05) is 5.73 Å². The summed E-state index contributed by atoms with van der Waals surface area (Å²) in [4.78, 5) is 4.45. The summed E-state index contributed by atoms with van der Waals surface area (Å²) in [6.45, 7) is 0. The molecule has 0 atom stereocenters. The summed E-state index contributed by atoms with van der Waals surface area (Å²) in [5.41, 5.74) is 8.15. The molecule has 1 saturated carbocycles. The molecule has 2 aromatic rings. The Kier molecular flexibility index (Phi) is 1.54. The van der Waals surface area contributed by atoms with E-state index >= 15 is 0 Å². The standard InChI is InChI=1S/C11H12N2O/c12-8-4-5-10-9(6-8)13-11(14-10)7-2-1-3-7/h4-7H,1-3,12H2. The Hall–Kier alpha value is -1.51. The highest BCUT2D eigenvalue weighted by molar-refractivity contribution is 5.76. The van der Waals surface area contributed by atoms with Gasteiger partial charge in [-0.3, -0.25) is 0 Å². The number of anilines is 1. The van der Waals surface area contributed by atoms with Crippen molar-refractivity contribution in [3.8, 4) is 0 Å². The lowest BCUT2D eigenvalue weighted by Gasteiger charge is -2.21. The Bertz CT molecular complexity index is 471. The number of nitrogens with zero attached hydrogens (tertiary/aromatic N) is 1. The van der Waals surface area contributed by atoms with Gasteiger partial charge in [-0.05, 0) is 31.0 Å². The van der Waals surface area contributed by atoms with Crippen LogP contribution in [0.2, 0.25) is 0 Å². The molecule has 0 spiro atoms. The fourth-order valence-corrected chi connectivity index (χ4v) is 1.79. The van der Waals surface area contributed by atoms with Crippen molar-refractivity contribution in [2.24, 2.45) is 0 Å². The second-order valence-electron chi connectivity index (χ2n) is 3.91. The van der Waals surface area contributed by atoms with Crippen LogP contribution in [0.15, 0.2) is 22.6 Å². The zero-order valence-corrected chi connectivity index (χ0v) is 7.86. The van der Waals surface area contributed by atoms with Gasteiger partial charge in [-0.15, -0.1) is 0 Å². The second-order valence-corrected chi connectivity index (χ2v) is 3.91. The highest BCUT2D eigenvalue weighted by Crippen LogP contribution is 2.37. The topological polar surface area (TPSA) is 52.0 Å². The summed E-state index contributed by atoms with van der Waals surface area (Å²) in [7, 11) is 0. The lowest BCUT2D eigenvalue weighted by atomic mass is 9.85. The second kappa shape index (κ2) is 2.74. The number of nitrogen functional groups attached to an aromatic ring is 1. The maximum Gasteiger partial charge on any atom is 0.198 e. The lowest BCUT2D eigenvalue weighted by Crippen LogP contribution is -2.08. The first-order valence-electron chi connectivity index (χ1n) is 4.99. The van der Waals surface area contributed by atoms with E-state index in [1.54, 1.807) is 0 Å². The van der Waals surface area contributed by atoms with Crippen molar-refractivity contribution < 1.29 is 4.42 Å². The monoisotopic (exact) mass is 188 g/mol. The van der Waals surface area contributed by atoms with E-state index in [0.717, 1.165) is 22.7 Å². The van der Waals surface area contributed by atoms with Gasteiger partial charge < -0.3 is 10.2 Å². The maximum absolute atomic E-state index is 5.67. The number of hydrogen-bond donors (Lipinski definition) is 1. The van der Waals surface area contributed by atoms with Gasteiger partial charge in [0, 0.05) is 11.6 Å².